The molecule has 1 saturated carbocycles. The standard InChI is InChI=1S/C13H19NO/c1-14-13(10-6-5-9-12(13)15)11-7-3-2-4-8-11/h3,7-8,14H,2,4-6,9-10H2,1H3. The summed E-state index contributed by atoms with van der Waals surface area (Å²) in [5.74, 6) is 0.369. The van der Waals surface area contributed by atoms with E-state index in [0.717, 1.165) is 38.5 Å². The molecule has 2 rings (SSSR count). The lowest BCUT2D eigenvalue weighted by Gasteiger charge is -2.37. The molecule has 0 saturated heterocycles. The lowest BCUT2D eigenvalue weighted by molar-refractivity contribution is -0.125. The number of rotatable bonds is 2. The van der Waals surface area contributed by atoms with Gasteiger partial charge >= 0.3 is 0 Å². The van der Waals surface area contributed by atoms with Crippen LogP contribution in [0.5, 0.6) is 0 Å². The molecule has 0 aromatic rings. The van der Waals surface area contributed by atoms with Crippen LogP contribution < -0.4 is 5.32 Å². The molecule has 15 heavy (non-hydrogen) atoms. The van der Waals surface area contributed by atoms with E-state index in [2.05, 4.69) is 23.5 Å². The van der Waals surface area contributed by atoms with Crippen molar-refractivity contribution in [2.24, 2.45) is 0 Å². The molecule has 0 aliphatic heterocycles. The zero-order valence-corrected chi connectivity index (χ0v) is 9.38. The van der Waals surface area contributed by atoms with Crippen LogP contribution in [-0.2, 0) is 4.79 Å². The second-order valence-electron chi connectivity index (χ2n) is 4.42. The van der Waals surface area contributed by atoms with Gasteiger partial charge in [0, 0.05) is 6.42 Å². The summed E-state index contributed by atoms with van der Waals surface area (Å²) in [4.78, 5) is 12.1. The van der Waals surface area contributed by atoms with Crippen LogP contribution >= 0.6 is 0 Å². The highest BCUT2D eigenvalue weighted by Crippen LogP contribution is 2.33. The number of ketones is 1. The van der Waals surface area contributed by atoms with E-state index in [9.17, 15) is 4.79 Å². The number of hydrogen-bond acceptors (Lipinski definition) is 2. The molecule has 2 nitrogen and oxygen atoms in total. The maximum absolute atomic E-state index is 12.1. The van der Waals surface area contributed by atoms with Crippen LogP contribution in [0.1, 0.15) is 38.5 Å². The Labute approximate surface area is 91.4 Å². The van der Waals surface area contributed by atoms with E-state index in [1.54, 1.807) is 0 Å². The van der Waals surface area contributed by atoms with Crippen LogP contribution in [0.15, 0.2) is 23.8 Å². The number of carbonyl (C=O) groups is 1. The first-order valence-electron chi connectivity index (χ1n) is 5.89. The van der Waals surface area contributed by atoms with Crippen molar-refractivity contribution >= 4 is 5.78 Å². The summed E-state index contributed by atoms with van der Waals surface area (Å²) < 4.78 is 0. The Morgan fingerprint density at radius 1 is 1.33 bits per heavy atom. The minimum Gasteiger partial charge on any atom is -0.304 e. The highest BCUT2D eigenvalue weighted by molar-refractivity contribution is 5.93. The molecule has 2 heteroatoms. The Balaban J connectivity index is 2.30. The molecule has 2 aliphatic carbocycles. The number of hydrogen-bond donors (Lipinski definition) is 1. The van der Waals surface area contributed by atoms with Crippen LogP contribution in [0.2, 0.25) is 0 Å². The van der Waals surface area contributed by atoms with Gasteiger partial charge in [-0.1, -0.05) is 24.6 Å². The van der Waals surface area contributed by atoms with Crippen molar-refractivity contribution in [2.45, 2.75) is 44.1 Å². The van der Waals surface area contributed by atoms with E-state index < -0.39 is 0 Å². The Bertz CT molecular complexity index is 316. The van der Waals surface area contributed by atoms with Gasteiger partial charge in [-0.25, -0.2) is 0 Å². The molecule has 1 N–H and O–H groups in total. The third-order valence-corrected chi connectivity index (χ3v) is 3.60. The van der Waals surface area contributed by atoms with Gasteiger partial charge in [0.25, 0.3) is 0 Å². The van der Waals surface area contributed by atoms with Gasteiger partial charge in [-0.15, -0.1) is 0 Å². The summed E-state index contributed by atoms with van der Waals surface area (Å²) >= 11 is 0. The van der Waals surface area contributed by atoms with Gasteiger partial charge in [0.2, 0.25) is 0 Å². The van der Waals surface area contributed by atoms with Crippen molar-refractivity contribution < 1.29 is 4.79 Å². The summed E-state index contributed by atoms with van der Waals surface area (Å²) in [5, 5.41) is 3.27. The van der Waals surface area contributed by atoms with Gasteiger partial charge in [0.1, 0.15) is 5.54 Å². The van der Waals surface area contributed by atoms with Crippen LogP contribution in [0.25, 0.3) is 0 Å². The molecule has 0 heterocycles. The van der Waals surface area contributed by atoms with Crippen LogP contribution in [0, 0.1) is 0 Å². The first-order chi connectivity index (χ1) is 7.29. The first kappa shape index (κ1) is 10.6. The predicted octanol–water partition coefficient (Wildman–Crippen LogP) is 2.36. The molecule has 2 aliphatic rings. The summed E-state index contributed by atoms with van der Waals surface area (Å²) in [6, 6.07) is 0. The smallest absolute Gasteiger partial charge is 0.157 e. The van der Waals surface area contributed by atoms with Crippen molar-refractivity contribution in [3.05, 3.63) is 23.8 Å². The van der Waals surface area contributed by atoms with Crippen LogP contribution in [-0.4, -0.2) is 18.4 Å². The zero-order chi connectivity index (χ0) is 10.7. The minimum atomic E-state index is -0.366. The molecule has 0 bridgehead atoms. The van der Waals surface area contributed by atoms with Crippen molar-refractivity contribution in [1.29, 1.82) is 0 Å². The van der Waals surface area contributed by atoms with Crippen molar-refractivity contribution in [1.82, 2.24) is 5.32 Å². The lowest BCUT2D eigenvalue weighted by Crippen LogP contribution is -2.53. The predicted molar refractivity (Wildman–Crippen MR) is 61.7 cm³/mol. The maximum atomic E-state index is 12.1. The van der Waals surface area contributed by atoms with Gasteiger partial charge in [-0.3, -0.25) is 4.79 Å². The van der Waals surface area contributed by atoms with Gasteiger partial charge in [0.15, 0.2) is 5.78 Å². The number of allylic oxidation sites excluding steroid dienone is 2. The van der Waals surface area contributed by atoms with Crippen molar-refractivity contribution in [2.75, 3.05) is 7.05 Å². The second-order valence-corrected chi connectivity index (χ2v) is 4.42. The largest absolute Gasteiger partial charge is 0.304 e. The molecular formula is C13H19NO. The average Bonchev–Trinajstić information content (AvgIpc) is 2.31. The van der Waals surface area contributed by atoms with E-state index >= 15 is 0 Å². The van der Waals surface area contributed by atoms with Gasteiger partial charge in [-0.05, 0) is 38.3 Å². The Kier molecular flexibility index (Phi) is 3.06. The summed E-state index contributed by atoms with van der Waals surface area (Å²) in [7, 11) is 1.91. The fourth-order valence-electron chi connectivity index (χ4n) is 2.67. The SMILES string of the molecule is CNC1(C2=CCCC=C2)CCCCC1=O. The summed E-state index contributed by atoms with van der Waals surface area (Å²) in [5.41, 5.74) is 0.829. The van der Waals surface area contributed by atoms with E-state index in [4.69, 9.17) is 0 Å². The Morgan fingerprint density at radius 3 is 2.80 bits per heavy atom. The zero-order valence-electron chi connectivity index (χ0n) is 9.38. The molecule has 0 aromatic carbocycles. The topological polar surface area (TPSA) is 29.1 Å². The second kappa shape index (κ2) is 4.31. The van der Waals surface area contributed by atoms with Crippen molar-refractivity contribution in [3.8, 4) is 0 Å². The summed E-state index contributed by atoms with van der Waals surface area (Å²) in [6.45, 7) is 0. The van der Waals surface area contributed by atoms with E-state index in [1.165, 1.54) is 5.57 Å². The highest BCUT2D eigenvalue weighted by atomic mass is 16.1. The number of Topliss-reactive ketones (excluding diaryl/α,β-unsaturated/α-hetero) is 1. The lowest BCUT2D eigenvalue weighted by atomic mass is 9.74. The quantitative estimate of drug-likeness (QED) is 0.750. The van der Waals surface area contributed by atoms with E-state index in [1.807, 2.05) is 7.05 Å². The molecule has 0 radical (unpaired) electrons. The number of carbonyl (C=O) groups excluding carboxylic acids is 1. The van der Waals surface area contributed by atoms with Gasteiger partial charge in [0.05, 0.1) is 0 Å². The molecule has 0 amide bonds. The van der Waals surface area contributed by atoms with Crippen molar-refractivity contribution in [3.63, 3.8) is 0 Å². The molecule has 1 atom stereocenters. The van der Waals surface area contributed by atoms with E-state index in [-0.39, 0.29) is 5.54 Å². The third-order valence-electron chi connectivity index (χ3n) is 3.60. The minimum absolute atomic E-state index is 0.366. The molecule has 0 aromatic heterocycles. The third kappa shape index (κ3) is 1.78. The first-order valence-corrected chi connectivity index (χ1v) is 5.89. The van der Waals surface area contributed by atoms with E-state index in [0.29, 0.717) is 5.78 Å². The Hall–Kier alpha value is -0.890. The van der Waals surface area contributed by atoms with Crippen LogP contribution in [0.4, 0.5) is 0 Å². The fourth-order valence-corrected chi connectivity index (χ4v) is 2.67. The number of nitrogens with one attached hydrogen (secondary N) is 1. The van der Waals surface area contributed by atoms with Gasteiger partial charge < -0.3 is 5.32 Å². The van der Waals surface area contributed by atoms with Gasteiger partial charge in [-0.2, -0.15) is 0 Å². The van der Waals surface area contributed by atoms with Crippen LogP contribution in [0.3, 0.4) is 0 Å². The monoisotopic (exact) mass is 205 g/mol. The molecular weight excluding hydrogens is 186 g/mol. The summed E-state index contributed by atoms with van der Waals surface area (Å²) in [6.07, 6.45) is 12.6. The molecule has 1 fully saturated rings. The molecule has 1 unspecified atom stereocenters. The fraction of sp³-hybridized carbons (Fsp3) is 0.615. The molecule has 82 valence electrons. The highest BCUT2D eigenvalue weighted by Gasteiger charge is 2.40. The maximum Gasteiger partial charge on any atom is 0.157 e. The number of likely N-dealkylation sites (N-methyl/N-ethyl adjacent to an activating group) is 1. The Morgan fingerprint density at radius 2 is 2.20 bits per heavy atom. The normalized spacial score (nSPS) is 31.5. The molecule has 0 spiro atoms. The average molecular weight is 205 g/mol.